The molecule has 0 radical (unpaired) electrons. The molecule has 0 aliphatic heterocycles. The summed E-state index contributed by atoms with van der Waals surface area (Å²) in [6, 6.07) is 20.5. The lowest BCUT2D eigenvalue weighted by Gasteiger charge is -2.21. The van der Waals surface area contributed by atoms with Gasteiger partial charge in [0.25, 0.3) is 0 Å². The summed E-state index contributed by atoms with van der Waals surface area (Å²) in [6.07, 6.45) is 1.76. The van der Waals surface area contributed by atoms with Crippen LogP contribution in [-0.2, 0) is 0 Å². The number of nitrogens with one attached hydrogen (secondary N) is 2. The quantitative estimate of drug-likeness (QED) is 0.539. The molecule has 0 saturated carbocycles. The molecule has 0 amide bonds. The first-order chi connectivity index (χ1) is 12.2. The van der Waals surface area contributed by atoms with Gasteiger partial charge in [0.05, 0.1) is 6.04 Å². The zero-order valence-electron chi connectivity index (χ0n) is 13.8. The van der Waals surface area contributed by atoms with Crippen LogP contribution in [0.15, 0.2) is 72.9 Å². The van der Waals surface area contributed by atoms with Crippen molar-refractivity contribution < 1.29 is 4.39 Å². The van der Waals surface area contributed by atoms with Gasteiger partial charge in [0.15, 0.2) is 0 Å². The SMILES string of the molecule is Cc1[nH]c2ccccc2c1[C@H](Nc1ccccn1)c1ccc(F)cc1. The Morgan fingerprint density at radius 2 is 1.72 bits per heavy atom. The fourth-order valence-corrected chi connectivity index (χ4v) is 3.24. The van der Waals surface area contributed by atoms with E-state index in [-0.39, 0.29) is 11.9 Å². The maximum atomic E-state index is 13.4. The fraction of sp³-hybridized carbons (Fsp3) is 0.0952. The number of aromatic nitrogens is 2. The Hall–Kier alpha value is -3.14. The topological polar surface area (TPSA) is 40.7 Å². The third-order valence-corrected chi connectivity index (χ3v) is 4.39. The molecule has 0 aliphatic rings. The van der Waals surface area contributed by atoms with Crippen molar-refractivity contribution in [2.24, 2.45) is 0 Å². The van der Waals surface area contributed by atoms with Gasteiger partial charge in [-0.25, -0.2) is 9.37 Å². The first kappa shape index (κ1) is 15.4. The van der Waals surface area contributed by atoms with Gasteiger partial charge >= 0.3 is 0 Å². The summed E-state index contributed by atoms with van der Waals surface area (Å²) in [7, 11) is 0. The van der Waals surface area contributed by atoms with Gasteiger partial charge < -0.3 is 10.3 Å². The number of nitrogens with zero attached hydrogens (tertiary/aromatic N) is 1. The van der Waals surface area contributed by atoms with Gasteiger partial charge in [0.1, 0.15) is 11.6 Å². The van der Waals surface area contributed by atoms with E-state index in [1.54, 1.807) is 6.20 Å². The van der Waals surface area contributed by atoms with Crippen LogP contribution in [0.5, 0.6) is 0 Å². The van der Waals surface area contributed by atoms with Crippen LogP contribution in [0.4, 0.5) is 10.2 Å². The normalized spacial score (nSPS) is 12.2. The van der Waals surface area contributed by atoms with Crippen LogP contribution >= 0.6 is 0 Å². The van der Waals surface area contributed by atoms with E-state index in [9.17, 15) is 4.39 Å². The zero-order valence-corrected chi connectivity index (χ0v) is 13.8. The summed E-state index contributed by atoms with van der Waals surface area (Å²) in [5, 5.41) is 4.65. The van der Waals surface area contributed by atoms with Crippen molar-refractivity contribution >= 4 is 16.7 Å². The van der Waals surface area contributed by atoms with Crippen LogP contribution < -0.4 is 5.32 Å². The largest absolute Gasteiger partial charge is 0.359 e. The van der Waals surface area contributed by atoms with Crippen molar-refractivity contribution in [1.82, 2.24) is 9.97 Å². The highest BCUT2D eigenvalue weighted by Gasteiger charge is 2.21. The monoisotopic (exact) mass is 331 g/mol. The minimum absolute atomic E-state index is 0.133. The molecule has 0 spiro atoms. The van der Waals surface area contributed by atoms with Crippen LogP contribution in [-0.4, -0.2) is 9.97 Å². The van der Waals surface area contributed by atoms with E-state index >= 15 is 0 Å². The van der Waals surface area contributed by atoms with Gasteiger partial charge in [-0.3, -0.25) is 0 Å². The van der Waals surface area contributed by atoms with Crippen LogP contribution in [0.2, 0.25) is 0 Å². The Balaban J connectivity index is 1.87. The molecule has 1 atom stereocenters. The molecule has 0 saturated heterocycles. The maximum absolute atomic E-state index is 13.4. The Morgan fingerprint density at radius 3 is 2.48 bits per heavy atom. The minimum atomic E-state index is -0.240. The number of hydrogen-bond acceptors (Lipinski definition) is 2. The summed E-state index contributed by atoms with van der Waals surface area (Å²) in [5.41, 5.74) is 4.30. The molecule has 2 aromatic carbocycles. The molecular formula is C21H18FN3. The molecule has 2 N–H and O–H groups in total. The lowest BCUT2D eigenvalue weighted by Crippen LogP contribution is -2.14. The second-order valence-electron chi connectivity index (χ2n) is 6.05. The van der Waals surface area contributed by atoms with Gasteiger partial charge in [0.2, 0.25) is 0 Å². The van der Waals surface area contributed by atoms with Crippen molar-refractivity contribution in [1.29, 1.82) is 0 Å². The number of hydrogen-bond donors (Lipinski definition) is 2. The molecule has 3 nitrogen and oxygen atoms in total. The summed E-state index contributed by atoms with van der Waals surface area (Å²) < 4.78 is 13.4. The number of fused-ring (bicyclic) bond motifs is 1. The minimum Gasteiger partial charge on any atom is -0.359 e. The summed E-state index contributed by atoms with van der Waals surface area (Å²) in [5.74, 6) is 0.539. The Bertz CT molecular complexity index is 991. The standard InChI is InChI=1S/C21H18FN3/c1-14-20(17-6-2-3-7-18(17)24-14)21(15-9-11-16(22)12-10-15)25-19-8-4-5-13-23-19/h2-13,21,24H,1H3,(H,23,25)/t21-/m1/s1. The number of anilines is 1. The first-order valence-corrected chi connectivity index (χ1v) is 8.22. The third kappa shape index (κ3) is 2.98. The van der Waals surface area contributed by atoms with Crippen LogP contribution in [0.1, 0.15) is 22.9 Å². The highest BCUT2D eigenvalue weighted by atomic mass is 19.1. The molecule has 2 aromatic heterocycles. The van der Waals surface area contributed by atoms with Gasteiger partial charge in [0, 0.05) is 28.4 Å². The summed E-state index contributed by atoms with van der Waals surface area (Å²) in [6.45, 7) is 2.06. The lowest BCUT2D eigenvalue weighted by atomic mass is 9.96. The zero-order chi connectivity index (χ0) is 17.2. The number of rotatable bonds is 4. The van der Waals surface area contributed by atoms with Crippen molar-refractivity contribution in [2.75, 3.05) is 5.32 Å². The summed E-state index contributed by atoms with van der Waals surface area (Å²) in [4.78, 5) is 7.83. The number of halogens is 1. The smallest absolute Gasteiger partial charge is 0.126 e. The van der Waals surface area contributed by atoms with Crippen molar-refractivity contribution in [3.8, 4) is 0 Å². The number of aromatic amines is 1. The molecule has 0 fully saturated rings. The molecule has 0 unspecified atom stereocenters. The van der Waals surface area contributed by atoms with E-state index in [1.165, 1.54) is 12.1 Å². The Kier molecular flexibility index (Phi) is 3.94. The van der Waals surface area contributed by atoms with E-state index < -0.39 is 0 Å². The van der Waals surface area contributed by atoms with Gasteiger partial charge in [-0.05, 0) is 42.8 Å². The second kappa shape index (κ2) is 6.40. The highest BCUT2D eigenvalue weighted by molar-refractivity contribution is 5.86. The molecule has 0 aliphatic carbocycles. The third-order valence-electron chi connectivity index (χ3n) is 4.39. The molecule has 4 rings (SSSR count). The maximum Gasteiger partial charge on any atom is 0.126 e. The van der Waals surface area contributed by atoms with Crippen molar-refractivity contribution in [3.05, 3.63) is 95.6 Å². The molecule has 2 heterocycles. The predicted molar refractivity (Wildman–Crippen MR) is 99.1 cm³/mol. The molecule has 0 bridgehead atoms. The van der Waals surface area contributed by atoms with Crippen molar-refractivity contribution in [2.45, 2.75) is 13.0 Å². The van der Waals surface area contributed by atoms with E-state index in [4.69, 9.17) is 0 Å². The number of aryl methyl sites for hydroxylation is 1. The second-order valence-corrected chi connectivity index (χ2v) is 6.05. The first-order valence-electron chi connectivity index (χ1n) is 8.22. The predicted octanol–water partition coefficient (Wildman–Crippen LogP) is 5.21. The van der Waals surface area contributed by atoms with Gasteiger partial charge in [-0.1, -0.05) is 36.4 Å². The summed E-state index contributed by atoms with van der Waals surface area (Å²) >= 11 is 0. The fourth-order valence-electron chi connectivity index (χ4n) is 3.24. The van der Waals surface area contributed by atoms with E-state index in [2.05, 4.69) is 34.3 Å². The number of benzene rings is 2. The van der Waals surface area contributed by atoms with E-state index in [0.29, 0.717) is 0 Å². The number of H-pyrrole nitrogens is 1. The Labute approximate surface area is 145 Å². The molecule has 4 heteroatoms. The van der Waals surface area contributed by atoms with Gasteiger partial charge in [-0.2, -0.15) is 0 Å². The van der Waals surface area contributed by atoms with E-state index in [0.717, 1.165) is 33.5 Å². The van der Waals surface area contributed by atoms with Gasteiger partial charge in [-0.15, -0.1) is 0 Å². The number of para-hydroxylation sites is 1. The lowest BCUT2D eigenvalue weighted by molar-refractivity contribution is 0.626. The molecule has 25 heavy (non-hydrogen) atoms. The van der Waals surface area contributed by atoms with Crippen molar-refractivity contribution in [3.63, 3.8) is 0 Å². The van der Waals surface area contributed by atoms with E-state index in [1.807, 2.05) is 42.5 Å². The molecule has 4 aromatic rings. The van der Waals surface area contributed by atoms with Crippen LogP contribution in [0.3, 0.4) is 0 Å². The average Bonchev–Trinajstić information content (AvgIpc) is 2.97. The van der Waals surface area contributed by atoms with Crippen LogP contribution in [0.25, 0.3) is 10.9 Å². The van der Waals surface area contributed by atoms with Crippen LogP contribution in [0, 0.1) is 12.7 Å². The average molecular weight is 331 g/mol. The number of pyridine rings is 1. The molecule has 124 valence electrons. The molecular weight excluding hydrogens is 313 g/mol. The Morgan fingerprint density at radius 1 is 0.960 bits per heavy atom. The highest BCUT2D eigenvalue weighted by Crippen LogP contribution is 2.34.